The molecule has 1 aliphatic rings. The summed E-state index contributed by atoms with van der Waals surface area (Å²) in [4.78, 5) is 18.2. The lowest BCUT2D eigenvalue weighted by atomic mass is 9.97. The van der Waals surface area contributed by atoms with E-state index in [0.29, 0.717) is 6.61 Å². The van der Waals surface area contributed by atoms with Crippen LogP contribution in [0.5, 0.6) is 0 Å². The number of guanidine groups is 1. The van der Waals surface area contributed by atoms with Crippen LogP contribution >= 0.6 is 0 Å². The number of rotatable bonds is 6. The van der Waals surface area contributed by atoms with Crippen molar-refractivity contribution >= 4 is 11.9 Å². The molecule has 0 aliphatic carbocycles. The number of nitrogens with one attached hydrogen (secondary N) is 1. The van der Waals surface area contributed by atoms with Crippen molar-refractivity contribution in [2.45, 2.75) is 26.2 Å². The van der Waals surface area contributed by atoms with Gasteiger partial charge in [0, 0.05) is 40.4 Å². The maximum atomic E-state index is 11.7. The average molecular weight is 285 g/mol. The first-order valence-corrected chi connectivity index (χ1v) is 7.34. The Morgan fingerprint density at radius 2 is 2.10 bits per heavy atom. The molecule has 0 spiro atoms. The number of carbonyl (C=O) groups is 1. The highest BCUT2D eigenvalue weighted by atomic mass is 16.5. The van der Waals surface area contributed by atoms with Crippen LogP contribution in [0.4, 0.5) is 0 Å². The number of hydrogen-bond donors (Lipinski definition) is 1. The van der Waals surface area contributed by atoms with Crippen molar-refractivity contribution < 1.29 is 14.3 Å². The lowest BCUT2D eigenvalue weighted by Gasteiger charge is -2.33. The summed E-state index contributed by atoms with van der Waals surface area (Å²) < 4.78 is 10.1. The second kappa shape index (κ2) is 9.58. The first-order chi connectivity index (χ1) is 9.72. The van der Waals surface area contributed by atoms with E-state index in [9.17, 15) is 4.79 Å². The zero-order chi connectivity index (χ0) is 14.8. The second-order valence-electron chi connectivity index (χ2n) is 4.83. The SMILES string of the molecule is CCOC(=O)C1CCN(C(=NC)NCCCOC)CC1. The monoisotopic (exact) mass is 285 g/mol. The molecule has 0 amide bonds. The van der Waals surface area contributed by atoms with E-state index >= 15 is 0 Å². The molecule has 116 valence electrons. The minimum atomic E-state index is -0.0600. The molecule has 0 aromatic heterocycles. The number of hydrogen-bond acceptors (Lipinski definition) is 4. The van der Waals surface area contributed by atoms with Crippen LogP contribution in [-0.4, -0.2) is 63.8 Å². The standard InChI is InChI=1S/C14H27N3O3/c1-4-20-13(18)12-6-9-17(10-7-12)14(15-2)16-8-5-11-19-3/h12H,4-11H2,1-3H3,(H,15,16). The van der Waals surface area contributed by atoms with E-state index in [0.717, 1.165) is 51.5 Å². The summed E-state index contributed by atoms with van der Waals surface area (Å²) in [6.07, 6.45) is 2.62. The van der Waals surface area contributed by atoms with Gasteiger partial charge in [0.1, 0.15) is 0 Å². The largest absolute Gasteiger partial charge is 0.466 e. The van der Waals surface area contributed by atoms with Gasteiger partial charge in [0.25, 0.3) is 0 Å². The Hall–Kier alpha value is -1.30. The second-order valence-corrected chi connectivity index (χ2v) is 4.83. The van der Waals surface area contributed by atoms with Crippen LogP contribution < -0.4 is 5.32 Å². The molecule has 0 aromatic carbocycles. The Bertz CT molecular complexity index is 313. The summed E-state index contributed by atoms with van der Waals surface area (Å²) in [7, 11) is 3.49. The number of piperidine rings is 1. The average Bonchev–Trinajstić information content (AvgIpc) is 2.48. The van der Waals surface area contributed by atoms with E-state index in [2.05, 4.69) is 15.2 Å². The lowest BCUT2D eigenvalue weighted by molar-refractivity contribution is -0.149. The zero-order valence-corrected chi connectivity index (χ0v) is 12.9. The van der Waals surface area contributed by atoms with Crippen molar-refractivity contribution in [3.8, 4) is 0 Å². The minimum absolute atomic E-state index is 0.0396. The highest BCUT2D eigenvalue weighted by Crippen LogP contribution is 2.18. The molecule has 0 radical (unpaired) electrons. The Labute approximate surface area is 121 Å². The minimum Gasteiger partial charge on any atom is -0.466 e. The van der Waals surface area contributed by atoms with Crippen LogP contribution in [0.25, 0.3) is 0 Å². The fourth-order valence-electron chi connectivity index (χ4n) is 2.34. The maximum absolute atomic E-state index is 11.7. The van der Waals surface area contributed by atoms with Crippen molar-refractivity contribution in [3.05, 3.63) is 0 Å². The fraction of sp³-hybridized carbons (Fsp3) is 0.857. The van der Waals surface area contributed by atoms with E-state index in [1.54, 1.807) is 14.2 Å². The zero-order valence-electron chi connectivity index (χ0n) is 12.9. The number of carbonyl (C=O) groups excluding carboxylic acids is 1. The van der Waals surface area contributed by atoms with Gasteiger partial charge in [-0.1, -0.05) is 0 Å². The molecular weight excluding hydrogens is 258 g/mol. The first-order valence-electron chi connectivity index (χ1n) is 7.34. The van der Waals surface area contributed by atoms with E-state index in [1.165, 1.54) is 0 Å². The van der Waals surface area contributed by atoms with Gasteiger partial charge in [-0.2, -0.15) is 0 Å². The highest BCUT2D eigenvalue weighted by Gasteiger charge is 2.27. The van der Waals surface area contributed by atoms with Crippen molar-refractivity contribution in [1.29, 1.82) is 0 Å². The molecule has 1 N–H and O–H groups in total. The summed E-state index contributed by atoms with van der Waals surface area (Å²) in [5.41, 5.74) is 0. The predicted molar refractivity (Wildman–Crippen MR) is 78.8 cm³/mol. The molecule has 0 saturated carbocycles. The Balaban J connectivity index is 2.33. The van der Waals surface area contributed by atoms with Crippen LogP contribution in [0.2, 0.25) is 0 Å². The summed E-state index contributed by atoms with van der Waals surface area (Å²) in [5.74, 6) is 0.886. The number of ether oxygens (including phenoxy) is 2. The number of aliphatic imine (C=N–C) groups is 1. The molecule has 0 atom stereocenters. The summed E-state index contributed by atoms with van der Waals surface area (Å²) in [6.45, 7) is 5.58. The van der Waals surface area contributed by atoms with Gasteiger partial charge >= 0.3 is 5.97 Å². The van der Waals surface area contributed by atoms with Crippen molar-refractivity contribution in [2.75, 3.05) is 47.0 Å². The van der Waals surface area contributed by atoms with Gasteiger partial charge in [-0.05, 0) is 26.2 Å². The number of likely N-dealkylation sites (tertiary alicyclic amines) is 1. The summed E-state index contributed by atoms with van der Waals surface area (Å²) in [5, 5.41) is 3.32. The van der Waals surface area contributed by atoms with E-state index in [4.69, 9.17) is 9.47 Å². The topological polar surface area (TPSA) is 63.2 Å². The van der Waals surface area contributed by atoms with Gasteiger partial charge in [-0.25, -0.2) is 0 Å². The van der Waals surface area contributed by atoms with Crippen molar-refractivity contribution in [1.82, 2.24) is 10.2 Å². The molecule has 6 nitrogen and oxygen atoms in total. The van der Waals surface area contributed by atoms with Gasteiger partial charge in [-0.3, -0.25) is 9.79 Å². The van der Waals surface area contributed by atoms with Crippen LogP contribution in [-0.2, 0) is 14.3 Å². The summed E-state index contributed by atoms with van der Waals surface area (Å²) in [6, 6.07) is 0. The molecule has 0 bridgehead atoms. The third-order valence-corrected chi connectivity index (χ3v) is 3.43. The molecule has 1 heterocycles. The molecule has 6 heteroatoms. The third kappa shape index (κ3) is 5.36. The maximum Gasteiger partial charge on any atom is 0.309 e. The Morgan fingerprint density at radius 1 is 1.40 bits per heavy atom. The molecule has 1 saturated heterocycles. The normalized spacial score (nSPS) is 17.1. The van der Waals surface area contributed by atoms with Gasteiger partial charge in [0.05, 0.1) is 12.5 Å². The van der Waals surface area contributed by atoms with Gasteiger partial charge < -0.3 is 19.7 Å². The van der Waals surface area contributed by atoms with Gasteiger partial charge in [-0.15, -0.1) is 0 Å². The Morgan fingerprint density at radius 3 is 2.65 bits per heavy atom. The molecule has 1 fully saturated rings. The molecule has 0 aromatic rings. The van der Waals surface area contributed by atoms with Crippen LogP contribution in [0, 0.1) is 5.92 Å². The number of nitrogens with zero attached hydrogens (tertiary/aromatic N) is 2. The first kappa shape index (κ1) is 16.8. The molecule has 1 aliphatic heterocycles. The molecule has 0 unspecified atom stereocenters. The quantitative estimate of drug-likeness (QED) is 0.340. The van der Waals surface area contributed by atoms with Gasteiger partial charge in [0.2, 0.25) is 0 Å². The number of methoxy groups -OCH3 is 1. The Kier molecular flexibility index (Phi) is 8.02. The fourth-order valence-corrected chi connectivity index (χ4v) is 2.34. The highest BCUT2D eigenvalue weighted by molar-refractivity contribution is 5.80. The molecule has 20 heavy (non-hydrogen) atoms. The third-order valence-electron chi connectivity index (χ3n) is 3.43. The van der Waals surface area contributed by atoms with Gasteiger partial charge in [0.15, 0.2) is 5.96 Å². The van der Waals surface area contributed by atoms with Crippen molar-refractivity contribution in [3.63, 3.8) is 0 Å². The van der Waals surface area contributed by atoms with Crippen molar-refractivity contribution in [2.24, 2.45) is 10.9 Å². The van der Waals surface area contributed by atoms with E-state index in [1.807, 2.05) is 6.92 Å². The van der Waals surface area contributed by atoms with Crippen LogP contribution in [0.1, 0.15) is 26.2 Å². The smallest absolute Gasteiger partial charge is 0.309 e. The molecular formula is C14H27N3O3. The van der Waals surface area contributed by atoms with E-state index < -0.39 is 0 Å². The summed E-state index contributed by atoms with van der Waals surface area (Å²) >= 11 is 0. The van der Waals surface area contributed by atoms with Crippen LogP contribution in [0.15, 0.2) is 4.99 Å². The van der Waals surface area contributed by atoms with E-state index in [-0.39, 0.29) is 11.9 Å². The predicted octanol–water partition coefficient (Wildman–Crippen LogP) is 0.873. The number of esters is 1. The lowest BCUT2D eigenvalue weighted by Crippen LogP contribution is -2.47. The molecule has 1 rings (SSSR count). The van der Waals surface area contributed by atoms with Crippen LogP contribution in [0.3, 0.4) is 0 Å².